The summed E-state index contributed by atoms with van der Waals surface area (Å²) in [5, 5.41) is 2.09. The predicted molar refractivity (Wildman–Crippen MR) is 66.3 cm³/mol. The van der Waals surface area contributed by atoms with E-state index in [2.05, 4.69) is 39.1 Å². The Labute approximate surface area is 96.4 Å². The van der Waals surface area contributed by atoms with Crippen molar-refractivity contribution in [2.24, 2.45) is 5.73 Å². The van der Waals surface area contributed by atoms with Gasteiger partial charge in [0.1, 0.15) is 6.10 Å². The highest BCUT2D eigenvalue weighted by atomic mass is 32.1. The molecule has 1 atom stereocenters. The Morgan fingerprint density at radius 2 is 2.20 bits per heavy atom. The number of rotatable bonds is 5. The Kier molecular flexibility index (Phi) is 4.32. The molecule has 1 heterocycles. The number of aryl methyl sites for hydroxylation is 1. The fraction of sp³-hybridized carbons (Fsp3) is 0.667. The van der Waals surface area contributed by atoms with Gasteiger partial charge in [0.05, 0.1) is 5.60 Å². The molecule has 1 rings (SSSR count). The third-order valence-corrected chi connectivity index (χ3v) is 3.83. The summed E-state index contributed by atoms with van der Waals surface area (Å²) >= 11 is 1.73. The molecule has 86 valence electrons. The van der Waals surface area contributed by atoms with Crippen molar-refractivity contribution < 1.29 is 4.74 Å². The van der Waals surface area contributed by atoms with Gasteiger partial charge in [0.2, 0.25) is 0 Å². The van der Waals surface area contributed by atoms with E-state index in [1.54, 1.807) is 11.3 Å². The van der Waals surface area contributed by atoms with Gasteiger partial charge in [-0.25, -0.2) is 0 Å². The Bertz CT molecular complexity index is 306. The van der Waals surface area contributed by atoms with Crippen molar-refractivity contribution >= 4 is 11.3 Å². The lowest BCUT2D eigenvalue weighted by Gasteiger charge is -2.29. The molecule has 2 nitrogen and oxygen atoms in total. The number of ether oxygens (including phenoxy) is 1. The van der Waals surface area contributed by atoms with Crippen molar-refractivity contribution in [3.05, 3.63) is 21.9 Å². The minimum atomic E-state index is -0.0968. The molecule has 0 saturated heterocycles. The maximum atomic E-state index is 6.05. The van der Waals surface area contributed by atoms with Crippen LogP contribution >= 0.6 is 11.3 Å². The average Bonchev–Trinajstić information content (AvgIpc) is 2.61. The number of nitrogens with two attached hydrogens (primary N) is 1. The molecule has 0 spiro atoms. The Morgan fingerprint density at radius 3 is 2.60 bits per heavy atom. The lowest BCUT2D eigenvalue weighted by molar-refractivity contribution is -0.0700. The molecule has 1 unspecified atom stereocenters. The van der Waals surface area contributed by atoms with Gasteiger partial charge in [-0.05, 0) is 44.2 Å². The molecule has 0 aromatic carbocycles. The second kappa shape index (κ2) is 5.10. The summed E-state index contributed by atoms with van der Waals surface area (Å²) < 4.78 is 6.05. The molecule has 0 amide bonds. The highest BCUT2D eigenvalue weighted by molar-refractivity contribution is 7.10. The average molecular weight is 227 g/mol. The third kappa shape index (κ3) is 3.30. The van der Waals surface area contributed by atoms with Gasteiger partial charge in [-0.15, -0.1) is 11.3 Å². The molecule has 0 saturated carbocycles. The van der Waals surface area contributed by atoms with E-state index in [9.17, 15) is 0 Å². The molecule has 0 aliphatic carbocycles. The van der Waals surface area contributed by atoms with Gasteiger partial charge in [0.25, 0.3) is 0 Å². The lowest BCUT2D eigenvalue weighted by atomic mass is 10.1. The molecule has 3 heteroatoms. The van der Waals surface area contributed by atoms with Gasteiger partial charge < -0.3 is 10.5 Å². The Morgan fingerprint density at radius 1 is 1.53 bits per heavy atom. The van der Waals surface area contributed by atoms with E-state index < -0.39 is 0 Å². The van der Waals surface area contributed by atoms with Crippen LogP contribution < -0.4 is 5.73 Å². The van der Waals surface area contributed by atoms with E-state index in [-0.39, 0.29) is 11.7 Å². The topological polar surface area (TPSA) is 35.2 Å². The van der Waals surface area contributed by atoms with Crippen molar-refractivity contribution in [2.45, 2.75) is 45.8 Å². The normalized spacial score (nSPS) is 14.2. The molecular weight excluding hydrogens is 206 g/mol. The maximum Gasteiger partial charge on any atom is 0.105 e. The molecule has 0 radical (unpaired) electrons. The molecule has 1 aromatic heterocycles. The second-order valence-corrected chi connectivity index (χ2v) is 5.37. The first kappa shape index (κ1) is 12.7. The quantitative estimate of drug-likeness (QED) is 0.838. The Hall–Kier alpha value is -0.380. The summed E-state index contributed by atoms with van der Waals surface area (Å²) in [6.07, 6.45) is 1.04. The molecule has 0 bridgehead atoms. The zero-order chi connectivity index (χ0) is 11.5. The van der Waals surface area contributed by atoms with Crippen LogP contribution in [0, 0.1) is 6.92 Å². The Balaban J connectivity index is 2.77. The largest absolute Gasteiger partial charge is 0.365 e. The first-order valence-electron chi connectivity index (χ1n) is 5.42. The van der Waals surface area contributed by atoms with E-state index >= 15 is 0 Å². The van der Waals surface area contributed by atoms with E-state index in [1.807, 2.05) is 0 Å². The van der Waals surface area contributed by atoms with Gasteiger partial charge >= 0.3 is 0 Å². The molecule has 0 fully saturated rings. The summed E-state index contributed by atoms with van der Waals surface area (Å²) in [6, 6.07) is 2.12. The summed E-state index contributed by atoms with van der Waals surface area (Å²) in [4.78, 5) is 1.26. The van der Waals surface area contributed by atoms with Crippen LogP contribution in [-0.2, 0) is 4.74 Å². The van der Waals surface area contributed by atoms with E-state index in [0.717, 1.165) is 6.42 Å². The number of thiophene rings is 1. The van der Waals surface area contributed by atoms with Crippen LogP contribution in [0.4, 0.5) is 0 Å². The van der Waals surface area contributed by atoms with E-state index in [4.69, 9.17) is 10.5 Å². The molecule has 1 aromatic rings. The van der Waals surface area contributed by atoms with Gasteiger partial charge in [-0.2, -0.15) is 0 Å². The van der Waals surface area contributed by atoms with E-state index in [1.165, 1.54) is 10.4 Å². The van der Waals surface area contributed by atoms with Crippen LogP contribution in [0.25, 0.3) is 0 Å². The highest BCUT2D eigenvalue weighted by Gasteiger charge is 2.23. The maximum absolute atomic E-state index is 6.05. The van der Waals surface area contributed by atoms with Crippen LogP contribution in [-0.4, -0.2) is 12.1 Å². The lowest BCUT2D eigenvalue weighted by Crippen LogP contribution is -2.29. The fourth-order valence-electron chi connectivity index (χ4n) is 1.39. The fourth-order valence-corrected chi connectivity index (χ4v) is 2.36. The summed E-state index contributed by atoms with van der Waals surface area (Å²) in [5.41, 5.74) is 6.96. The van der Waals surface area contributed by atoms with Gasteiger partial charge in [0.15, 0.2) is 0 Å². The van der Waals surface area contributed by atoms with Crippen LogP contribution in [0.15, 0.2) is 11.4 Å². The SMILES string of the molecule is CCC(C)(C)OC(CN)c1sccc1C. The minimum absolute atomic E-state index is 0.0416. The standard InChI is InChI=1S/C12H21NOS/c1-5-12(3,4)14-10(8-13)11-9(2)6-7-15-11/h6-7,10H,5,8,13H2,1-4H3. The molecule has 15 heavy (non-hydrogen) atoms. The first-order valence-corrected chi connectivity index (χ1v) is 6.30. The summed E-state index contributed by atoms with van der Waals surface area (Å²) in [5.74, 6) is 0. The van der Waals surface area contributed by atoms with Crippen LogP contribution in [0.5, 0.6) is 0 Å². The molecule has 2 N–H and O–H groups in total. The summed E-state index contributed by atoms with van der Waals surface area (Å²) in [7, 11) is 0. The van der Waals surface area contributed by atoms with Crippen molar-refractivity contribution in [3.8, 4) is 0 Å². The monoisotopic (exact) mass is 227 g/mol. The zero-order valence-corrected chi connectivity index (χ0v) is 10.9. The number of hydrogen-bond acceptors (Lipinski definition) is 3. The third-order valence-electron chi connectivity index (χ3n) is 2.72. The van der Waals surface area contributed by atoms with Gasteiger partial charge in [0, 0.05) is 11.4 Å². The van der Waals surface area contributed by atoms with Crippen LogP contribution in [0.2, 0.25) is 0 Å². The number of hydrogen-bond donors (Lipinski definition) is 1. The van der Waals surface area contributed by atoms with Crippen molar-refractivity contribution in [1.82, 2.24) is 0 Å². The van der Waals surface area contributed by atoms with Crippen molar-refractivity contribution in [3.63, 3.8) is 0 Å². The van der Waals surface area contributed by atoms with Crippen molar-refractivity contribution in [1.29, 1.82) is 0 Å². The second-order valence-electron chi connectivity index (χ2n) is 4.42. The van der Waals surface area contributed by atoms with Crippen molar-refractivity contribution in [2.75, 3.05) is 6.54 Å². The predicted octanol–water partition coefficient (Wildman–Crippen LogP) is 3.26. The van der Waals surface area contributed by atoms with Crippen LogP contribution in [0.1, 0.15) is 43.7 Å². The molecule has 0 aliphatic rings. The smallest absolute Gasteiger partial charge is 0.105 e. The van der Waals surface area contributed by atoms with Gasteiger partial charge in [-0.1, -0.05) is 6.92 Å². The first-order chi connectivity index (χ1) is 7.00. The minimum Gasteiger partial charge on any atom is -0.365 e. The van der Waals surface area contributed by atoms with Gasteiger partial charge in [-0.3, -0.25) is 0 Å². The summed E-state index contributed by atoms with van der Waals surface area (Å²) in [6.45, 7) is 9.01. The molecular formula is C12H21NOS. The zero-order valence-electron chi connectivity index (χ0n) is 10.0. The highest BCUT2D eigenvalue weighted by Crippen LogP contribution is 2.30. The van der Waals surface area contributed by atoms with Crippen LogP contribution in [0.3, 0.4) is 0 Å². The van der Waals surface area contributed by atoms with E-state index in [0.29, 0.717) is 6.54 Å². The molecule has 0 aliphatic heterocycles.